The molecular weight excluding hydrogens is 388 g/mol. The number of carbonyl (C=O) groups is 1. The normalized spacial score (nSPS) is 25.9. The monoisotopic (exact) mass is 414 g/mol. The Morgan fingerprint density at radius 1 is 1.10 bits per heavy atom. The molecule has 0 saturated carbocycles. The Balaban J connectivity index is 1.59. The molecule has 3 heterocycles. The number of nitrogens with one attached hydrogen (secondary N) is 1. The summed E-state index contributed by atoms with van der Waals surface area (Å²) in [4.78, 5) is 19.9. The highest BCUT2D eigenvalue weighted by molar-refractivity contribution is 7.89. The van der Waals surface area contributed by atoms with Gasteiger partial charge in [-0.15, -0.1) is 0 Å². The van der Waals surface area contributed by atoms with Gasteiger partial charge in [-0.3, -0.25) is 9.78 Å². The Morgan fingerprint density at radius 3 is 2.59 bits per heavy atom. The van der Waals surface area contributed by atoms with Gasteiger partial charge in [-0.05, 0) is 57.1 Å². The molecule has 2 atom stereocenters. The lowest BCUT2D eigenvalue weighted by molar-refractivity contribution is -0.127. The first-order valence-electron chi connectivity index (χ1n) is 9.90. The van der Waals surface area contributed by atoms with Crippen LogP contribution in [-0.4, -0.2) is 61.2 Å². The van der Waals surface area contributed by atoms with E-state index in [1.165, 1.54) is 4.31 Å². The van der Waals surface area contributed by atoms with E-state index in [-0.39, 0.29) is 11.9 Å². The molecule has 7 nitrogen and oxygen atoms in total. The van der Waals surface area contributed by atoms with Crippen LogP contribution in [0.1, 0.15) is 19.3 Å². The van der Waals surface area contributed by atoms with Crippen molar-refractivity contribution in [3.8, 4) is 0 Å². The molecule has 0 spiro atoms. The van der Waals surface area contributed by atoms with Crippen molar-refractivity contribution in [3.05, 3.63) is 54.9 Å². The number of hydrogen-bond acceptors (Lipinski definition) is 5. The van der Waals surface area contributed by atoms with Crippen molar-refractivity contribution < 1.29 is 13.2 Å². The first kappa shape index (κ1) is 20.0. The number of rotatable bonds is 4. The number of aromatic nitrogens is 1. The van der Waals surface area contributed by atoms with Gasteiger partial charge in [0.1, 0.15) is 0 Å². The van der Waals surface area contributed by atoms with Crippen LogP contribution in [-0.2, 0) is 14.8 Å². The van der Waals surface area contributed by atoms with Gasteiger partial charge in [-0.1, -0.05) is 18.2 Å². The van der Waals surface area contributed by atoms with Crippen molar-refractivity contribution >= 4 is 21.6 Å². The Kier molecular flexibility index (Phi) is 5.42. The summed E-state index contributed by atoms with van der Waals surface area (Å²) in [5.41, 5.74) is 0.0594. The molecule has 154 valence electrons. The fraction of sp³-hybridized carbons (Fsp3) is 0.429. The summed E-state index contributed by atoms with van der Waals surface area (Å²) in [6, 6.07) is 12.1. The largest absolute Gasteiger partial charge is 0.324 e. The number of sulfonamides is 1. The van der Waals surface area contributed by atoms with Crippen LogP contribution in [0.5, 0.6) is 0 Å². The Bertz CT molecular complexity index is 968. The van der Waals surface area contributed by atoms with Gasteiger partial charge in [-0.25, -0.2) is 8.42 Å². The van der Waals surface area contributed by atoms with E-state index in [0.29, 0.717) is 36.5 Å². The number of benzene rings is 1. The van der Waals surface area contributed by atoms with Crippen LogP contribution >= 0.6 is 0 Å². The summed E-state index contributed by atoms with van der Waals surface area (Å²) in [5.74, 6) is -0.0428. The molecule has 0 bridgehead atoms. The molecule has 0 unspecified atom stereocenters. The summed E-state index contributed by atoms with van der Waals surface area (Å²) >= 11 is 0. The molecule has 2 saturated heterocycles. The molecular formula is C21H26N4O3S. The molecule has 0 aliphatic carbocycles. The minimum Gasteiger partial charge on any atom is -0.324 e. The molecule has 29 heavy (non-hydrogen) atoms. The lowest BCUT2D eigenvalue weighted by Gasteiger charge is -2.34. The average molecular weight is 415 g/mol. The second-order valence-electron chi connectivity index (χ2n) is 7.85. The van der Waals surface area contributed by atoms with E-state index in [1.54, 1.807) is 48.8 Å². The lowest BCUT2D eigenvalue weighted by Crippen LogP contribution is -2.46. The molecule has 2 aliphatic heterocycles. The van der Waals surface area contributed by atoms with Gasteiger partial charge in [0.15, 0.2) is 0 Å². The van der Waals surface area contributed by atoms with Gasteiger partial charge in [-0.2, -0.15) is 4.31 Å². The van der Waals surface area contributed by atoms with E-state index in [2.05, 4.69) is 15.2 Å². The second kappa shape index (κ2) is 7.85. The second-order valence-corrected chi connectivity index (χ2v) is 9.79. The Hall–Kier alpha value is -2.29. The Morgan fingerprint density at radius 2 is 1.86 bits per heavy atom. The predicted octanol–water partition coefficient (Wildman–Crippen LogP) is 2.20. The van der Waals surface area contributed by atoms with Gasteiger partial charge in [0, 0.05) is 25.3 Å². The van der Waals surface area contributed by atoms with Crippen LogP contribution in [0.15, 0.2) is 59.8 Å². The number of pyridine rings is 1. The van der Waals surface area contributed by atoms with Gasteiger partial charge < -0.3 is 10.2 Å². The van der Waals surface area contributed by atoms with Crippen molar-refractivity contribution in [1.82, 2.24) is 14.2 Å². The standard InChI is InChI=1S/C21H26N4O3S/c1-24-14-10-21(20(26)23-17-6-5-12-22-16-17)11-15-25(13-9-19(21)24)29(27,28)18-7-3-2-4-8-18/h2-8,12,16,19H,9-11,13-15H2,1H3,(H,23,26)/t19-,21-/m0/s1. The molecule has 2 fully saturated rings. The minimum atomic E-state index is -3.57. The third-order valence-corrected chi connectivity index (χ3v) is 8.21. The zero-order chi connectivity index (χ0) is 20.5. The first-order valence-corrected chi connectivity index (χ1v) is 11.3. The van der Waals surface area contributed by atoms with Crippen LogP contribution in [0.4, 0.5) is 5.69 Å². The van der Waals surface area contributed by atoms with Crippen molar-refractivity contribution in [2.45, 2.75) is 30.2 Å². The van der Waals surface area contributed by atoms with Crippen LogP contribution in [0.2, 0.25) is 0 Å². The zero-order valence-corrected chi connectivity index (χ0v) is 17.3. The average Bonchev–Trinajstić information content (AvgIpc) is 2.93. The summed E-state index contributed by atoms with van der Waals surface area (Å²) < 4.78 is 27.8. The van der Waals surface area contributed by atoms with Gasteiger partial charge in [0.2, 0.25) is 15.9 Å². The molecule has 1 aromatic heterocycles. The van der Waals surface area contributed by atoms with E-state index in [4.69, 9.17) is 0 Å². The topological polar surface area (TPSA) is 82.6 Å². The first-order chi connectivity index (χ1) is 13.9. The van der Waals surface area contributed by atoms with Crippen molar-refractivity contribution in [1.29, 1.82) is 0 Å². The predicted molar refractivity (Wildman–Crippen MR) is 111 cm³/mol. The van der Waals surface area contributed by atoms with E-state index < -0.39 is 15.4 Å². The summed E-state index contributed by atoms with van der Waals surface area (Å²) in [6.45, 7) is 1.58. The fourth-order valence-corrected chi connectivity index (χ4v) is 6.14. The summed E-state index contributed by atoms with van der Waals surface area (Å²) in [5, 5.41) is 3.01. The minimum absolute atomic E-state index is 0.00939. The number of likely N-dealkylation sites (tertiary alicyclic amines) is 1. The van der Waals surface area contributed by atoms with Crippen LogP contribution in [0, 0.1) is 5.41 Å². The van der Waals surface area contributed by atoms with Gasteiger partial charge >= 0.3 is 0 Å². The number of nitrogens with zero attached hydrogens (tertiary/aromatic N) is 3. The van der Waals surface area contributed by atoms with Crippen LogP contribution in [0.3, 0.4) is 0 Å². The zero-order valence-electron chi connectivity index (χ0n) is 16.5. The van der Waals surface area contributed by atoms with Crippen molar-refractivity contribution in [3.63, 3.8) is 0 Å². The van der Waals surface area contributed by atoms with E-state index in [9.17, 15) is 13.2 Å². The smallest absolute Gasteiger partial charge is 0.243 e. The van der Waals surface area contributed by atoms with Gasteiger partial charge in [0.05, 0.1) is 22.2 Å². The highest BCUT2D eigenvalue weighted by Crippen LogP contribution is 2.44. The lowest BCUT2D eigenvalue weighted by atomic mass is 9.75. The highest BCUT2D eigenvalue weighted by atomic mass is 32.2. The maximum atomic E-state index is 13.4. The SMILES string of the molecule is CN1CC[C@]2(C(=O)Nc3cccnc3)CCN(S(=O)(=O)c3ccccc3)CC[C@H]12. The quantitative estimate of drug-likeness (QED) is 0.829. The third-order valence-electron chi connectivity index (χ3n) is 6.29. The number of fused-ring (bicyclic) bond motifs is 1. The maximum Gasteiger partial charge on any atom is 0.243 e. The molecule has 4 rings (SSSR count). The summed E-state index contributed by atoms with van der Waals surface area (Å²) in [6.07, 6.45) is 5.14. The fourth-order valence-electron chi connectivity index (χ4n) is 4.66. The number of anilines is 1. The molecule has 8 heteroatoms. The van der Waals surface area contributed by atoms with E-state index in [0.717, 1.165) is 13.0 Å². The van der Waals surface area contributed by atoms with E-state index >= 15 is 0 Å². The van der Waals surface area contributed by atoms with Crippen LogP contribution < -0.4 is 5.32 Å². The molecule has 1 N–H and O–H groups in total. The third kappa shape index (κ3) is 3.68. The number of carbonyl (C=O) groups excluding carboxylic acids is 1. The molecule has 1 amide bonds. The van der Waals surface area contributed by atoms with Crippen molar-refractivity contribution in [2.75, 3.05) is 32.0 Å². The van der Waals surface area contributed by atoms with Crippen molar-refractivity contribution in [2.24, 2.45) is 5.41 Å². The highest BCUT2D eigenvalue weighted by Gasteiger charge is 2.53. The molecule has 1 aromatic carbocycles. The van der Waals surface area contributed by atoms with E-state index in [1.807, 2.05) is 13.1 Å². The molecule has 2 aromatic rings. The maximum absolute atomic E-state index is 13.4. The van der Waals surface area contributed by atoms with Crippen LogP contribution in [0.25, 0.3) is 0 Å². The van der Waals surface area contributed by atoms with Gasteiger partial charge in [0.25, 0.3) is 0 Å². The molecule has 2 aliphatic rings. The molecule has 0 radical (unpaired) electrons. The Labute approximate surface area is 171 Å². The number of amides is 1. The number of hydrogen-bond donors (Lipinski definition) is 1. The summed E-state index contributed by atoms with van der Waals surface area (Å²) in [7, 11) is -1.55.